The molecule has 2 rings (SSSR count). The quantitative estimate of drug-likeness (QED) is 0.479. The summed E-state index contributed by atoms with van der Waals surface area (Å²) in [7, 11) is 0. The highest BCUT2D eigenvalue weighted by Gasteiger charge is 2.44. The molecule has 0 aromatic carbocycles. The SMILES string of the molecule is C[C@@H]1C[C@H]2CC[C@@H]1C2=O. The van der Waals surface area contributed by atoms with Crippen LogP contribution in [-0.2, 0) is 4.79 Å². The van der Waals surface area contributed by atoms with E-state index in [1.165, 1.54) is 19.3 Å². The van der Waals surface area contributed by atoms with Crippen LogP contribution in [0, 0.1) is 17.8 Å². The molecule has 50 valence electrons. The molecule has 9 heavy (non-hydrogen) atoms. The molecule has 0 aromatic rings. The van der Waals surface area contributed by atoms with Crippen molar-refractivity contribution < 1.29 is 4.79 Å². The Bertz CT molecular complexity index is 151. The molecule has 3 atom stereocenters. The lowest BCUT2D eigenvalue weighted by molar-refractivity contribution is -0.121. The second-order valence-corrected chi connectivity index (χ2v) is 3.50. The molecule has 0 unspecified atom stereocenters. The molecule has 0 spiro atoms. The Morgan fingerprint density at radius 2 is 2.22 bits per heavy atom. The molecule has 2 aliphatic carbocycles. The van der Waals surface area contributed by atoms with Crippen molar-refractivity contribution in [2.45, 2.75) is 26.2 Å². The van der Waals surface area contributed by atoms with Gasteiger partial charge in [-0.15, -0.1) is 0 Å². The molecule has 0 aliphatic heterocycles. The van der Waals surface area contributed by atoms with Crippen molar-refractivity contribution in [2.24, 2.45) is 17.8 Å². The molecule has 0 heterocycles. The van der Waals surface area contributed by atoms with Crippen molar-refractivity contribution in [3.8, 4) is 0 Å². The van der Waals surface area contributed by atoms with E-state index in [-0.39, 0.29) is 0 Å². The van der Waals surface area contributed by atoms with Gasteiger partial charge in [0.1, 0.15) is 5.78 Å². The summed E-state index contributed by atoms with van der Waals surface area (Å²) in [6.45, 7) is 2.21. The largest absolute Gasteiger partial charge is 0.299 e. The first kappa shape index (κ1) is 5.45. The van der Waals surface area contributed by atoms with Gasteiger partial charge in [-0.25, -0.2) is 0 Å². The van der Waals surface area contributed by atoms with Crippen LogP contribution < -0.4 is 0 Å². The summed E-state index contributed by atoms with van der Waals surface area (Å²) >= 11 is 0. The van der Waals surface area contributed by atoms with Crippen LogP contribution in [-0.4, -0.2) is 5.78 Å². The molecule has 1 heteroatoms. The second-order valence-electron chi connectivity index (χ2n) is 3.50. The Kier molecular flexibility index (Phi) is 0.961. The maximum absolute atomic E-state index is 11.2. The average Bonchev–Trinajstić information content (AvgIpc) is 2.25. The van der Waals surface area contributed by atoms with E-state index in [1.54, 1.807) is 0 Å². The summed E-state index contributed by atoms with van der Waals surface area (Å²) in [6, 6.07) is 0. The first-order valence-corrected chi connectivity index (χ1v) is 3.83. The normalized spacial score (nSPS) is 48.6. The highest BCUT2D eigenvalue weighted by molar-refractivity contribution is 5.87. The first-order valence-electron chi connectivity index (χ1n) is 3.83. The number of hydrogen-bond donors (Lipinski definition) is 0. The van der Waals surface area contributed by atoms with Crippen molar-refractivity contribution in [3.05, 3.63) is 0 Å². The summed E-state index contributed by atoms with van der Waals surface area (Å²) in [5, 5.41) is 0. The standard InChI is InChI=1S/C8H12O/c1-5-4-6-2-3-7(5)8(6)9/h5-7H,2-4H2,1H3/t5-,6-,7+/m1/s1. The van der Waals surface area contributed by atoms with Gasteiger partial charge in [-0.3, -0.25) is 4.79 Å². The smallest absolute Gasteiger partial charge is 0.139 e. The summed E-state index contributed by atoms with van der Waals surface area (Å²) in [5.41, 5.74) is 0. The number of fused-ring (bicyclic) bond motifs is 2. The highest BCUT2D eigenvalue weighted by atomic mass is 16.1. The highest BCUT2D eigenvalue weighted by Crippen LogP contribution is 2.44. The van der Waals surface area contributed by atoms with E-state index in [1.807, 2.05) is 0 Å². The van der Waals surface area contributed by atoms with E-state index in [9.17, 15) is 4.79 Å². The van der Waals surface area contributed by atoms with Gasteiger partial charge < -0.3 is 0 Å². The van der Waals surface area contributed by atoms with Crippen LogP contribution >= 0.6 is 0 Å². The van der Waals surface area contributed by atoms with Crippen molar-refractivity contribution >= 4 is 5.78 Å². The number of Topliss-reactive ketones (excluding diaryl/α,β-unsaturated/α-hetero) is 1. The third-order valence-electron chi connectivity index (χ3n) is 2.94. The fraction of sp³-hybridized carbons (Fsp3) is 0.875. The molecule has 0 saturated heterocycles. The molecule has 0 N–H and O–H groups in total. The molecule has 0 aromatic heterocycles. The Labute approximate surface area is 55.4 Å². The second kappa shape index (κ2) is 1.59. The Hall–Kier alpha value is -0.330. The van der Waals surface area contributed by atoms with Crippen LogP contribution in [0.2, 0.25) is 0 Å². The predicted molar refractivity (Wildman–Crippen MR) is 35.0 cm³/mol. The van der Waals surface area contributed by atoms with E-state index >= 15 is 0 Å². The maximum atomic E-state index is 11.2. The third-order valence-corrected chi connectivity index (χ3v) is 2.94. The van der Waals surface area contributed by atoms with Gasteiger partial charge >= 0.3 is 0 Å². The zero-order valence-electron chi connectivity index (χ0n) is 5.76. The number of carbonyl (C=O) groups excluding carboxylic acids is 1. The van der Waals surface area contributed by atoms with Gasteiger partial charge in [0.15, 0.2) is 0 Å². The monoisotopic (exact) mass is 124 g/mol. The van der Waals surface area contributed by atoms with Gasteiger partial charge in [-0.05, 0) is 25.2 Å². The average molecular weight is 124 g/mol. The molecule has 2 bridgehead atoms. The molecular weight excluding hydrogens is 112 g/mol. The molecule has 0 radical (unpaired) electrons. The Balaban J connectivity index is 2.26. The fourth-order valence-corrected chi connectivity index (χ4v) is 2.38. The topological polar surface area (TPSA) is 17.1 Å². The van der Waals surface area contributed by atoms with Crippen LogP contribution in [0.15, 0.2) is 0 Å². The summed E-state index contributed by atoms with van der Waals surface area (Å²) in [4.78, 5) is 11.2. The zero-order chi connectivity index (χ0) is 6.43. The van der Waals surface area contributed by atoms with E-state index in [0.717, 1.165) is 0 Å². The predicted octanol–water partition coefficient (Wildman–Crippen LogP) is 1.62. The van der Waals surface area contributed by atoms with Crippen molar-refractivity contribution in [2.75, 3.05) is 0 Å². The van der Waals surface area contributed by atoms with Gasteiger partial charge in [0.2, 0.25) is 0 Å². The number of ketones is 1. The van der Waals surface area contributed by atoms with Crippen LogP contribution in [0.4, 0.5) is 0 Å². The first-order chi connectivity index (χ1) is 4.29. The van der Waals surface area contributed by atoms with Crippen LogP contribution in [0.3, 0.4) is 0 Å². The maximum Gasteiger partial charge on any atom is 0.139 e. The minimum Gasteiger partial charge on any atom is -0.299 e. The van der Waals surface area contributed by atoms with Crippen LogP contribution in [0.25, 0.3) is 0 Å². The van der Waals surface area contributed by atoms with Crippen LogP contribution in [0.1, 0.15) is 26.2 Å². The molecule has 0 amide bonds. The molecular formula is C8H12O. The number of carbonyl (C=O) groups is 1. The van der Waals surface area contributed by atoms with Gasteiger partial charge in [-0.1, -0.05) is 6.92 Å². The minimum absolute atomic E-state index is 0.468. The third kappa shape index (κ3) is 0.577. The number of rotatable bonds is 0. The fourth-order valence-electron chi connectivity index (χ4n) is 2.38. The van der Waals surface area contributed by atoms with E-state index < -0.39 is 0 Å². The molecule has 2 saturated carbocycles. The lowest BCUT2D eigenvalue weighted by atomic mass is 9.91. The van der Waals surface area contributed by atoms with E-state index in [4.69, 9.17) is 0 Å². The Morgan fingerprint density at radius 1 is 1.44 bits per heavy atom. The van der Waals surface area contributed by atoms with Gasteiger partial charge in [0, 0.05) is 11.8 Å². The summed E-state index contributed by atoms with van der Waals surface area (Å²) < 4.78 is 0. The minimum atomic E-state index is 0.468. The van der Waals surface area contributed by atoms with Crippen molar-refractivity contribution in [1.82, 2.24) is 0 Å². The summed E-state index contributed by atoms with van der Waals surface area (Å²) in [6.07, 6.45) is 3.56. The van der Waals surface area contributed by atoms with Crippen molar-refractivity contribution in [3.63, 3.8) is 0 Å². The molecule has 1 nitrogen and oxygen atoms in total. The lowest BCUT2D eigenvalue weighted by Gasteiger charge is -2.13. The van der Waals surface area contributed by atoms with E-state index in [0.29, 0.717) is 23.5 Å². The van der Waals surface area contributed by atoms with Crippen LogP contribution in [0.5, 0.6) is 0 Å². The van der Waals surface area contributed by atoms with Gasteiger partial charge in [0.25, 0.3) is 0 Å². The Morgan fingerprint density at radius 3 is 2.44 bits per heavy atom. The van der Waals surface area contributed by atoms with E-state index in [2.05, 4.69) is 6.92 Å². The number of hydrogen-bond acceptors (Lipinski definition) is 1. The summed E-state index contributed by atoms with van der Waals surface area (Å²) in [5.74, 6) is 2.22. The molecule has 2 aliphatic rings. The van der Waals surface area contributed by atoms with Gasteiger partial charge in [0.05, 0.1) is 0 Å². The zero-order valence-corrected chi connectivity index (χ0v) is 5.76. The van der Waals surface area contributed by atoms with Crippen molar-refractivity contribution in [1.29, 1.82) is 0 Å². The lowest BCUT2D eigenvalue weighted by Crippen LogP contribution is -2.07. The molecule has 2 fully saturated rings. The van der Waals surface area contributed by atoms with Gasteiger partial charge in [-0.2, -0.15) is 0 Å².